The van der Waals surface area contributed by atoms with E-state index in [4.69, 9.17) is 0 Å². The number of carbonyl (C=O) groups excluding carboxylic acids is 1. The van der Waals surface area contributed by atoms with Gasteiger partial charge < -0.3 is 0 Å². The molecule has 3 rings (SSSR count). The van der Waals surface area contributed by atoms with E-state index in [1.54, 1.807) is 6.20 Å². The minimum atomic E-state index is 0.376. The molecule has 0 bridgehead atoms. The molecule has 0 atom stereocenters. The first kappa shape index (κ1) is 13.9. The number of benzene rings is 1. The second-order valence-corrected chi connectivity index (χ2v) is 5.49. The molecular weight excluding hydrogens is 262 g/mol. The molecule has 0 amide bonds. The van der Waals surface area contributed by atoms with E-state index in [0.29, 0.717) is 18.6 Å². The fourth-order valence-corrected chi connectivity index (χ4v) is 2.66. The standard InChI is InChI=1S/C17H19N3O/c1-13-6-9-18-17(19-13)16-5-3-2-4-14(16)12-20-10-7-15(21)8-11-20/h2-6,9H,7-8,10-12H2,1H3. The summed E-state index contributed by atoms with van der Waals surface area (Å²) in [5.41, 5.74) is 3.27. The van der Waals surface area contributed by atoms with Gasteiger partial charge in [-0.3, -0.25) is 9.69 Å². The number of likely N-dealkylation sites (tertiary alicyclic amines) is 1. The topological polar surface area (TPSA) is 46.1 Å². The van der Waals surface area contributed by atoms with Gasteiger partial charge in [-0.05, 0) is 18.6 Å². The Morgan fingerprint density at radius 2 is 1.90 bits per heavy atom. The third-order valence-corrected chi connectivity index (χ3v) is 3.86. The van der Waals surface area contributed by atoms with Crippen LogP contribution in [0.2, 0.25) is 0 Å². The van der Waals surface area contributed by atoms with Crippen molar-refractivity contribution in [3.63, 3.8) is 0 Å². The highest BCUT2D eigenvalue weighted by atomic mass is 16.1. The van der Waals surface area contributed by atoms with Crippen LogP contribution < -0.4 is 0 Å². The number of nitrogens with zero attached hydrogens (tertiary/aromatic N) is 3. The summed E-state index contributed by atoms with van der Waals surface area (Å²) in [6, 6.07) is 10.2. The van der Waals surface area contributed by atoms with Crippen LogP contribution in [0.1, 0.15) is 24.1 Å². The number of Topliss-reactive ketones (excluding diaryl/α,β-unsaturated/α-hetero) is 1. The van der Waals surface area contributed by atoms with E-state index in [2.05, 4.69) is 27.0 Å². The molecule has 108 valence electrons. The van der Waals surface area contributed by atoms with Crippen molar-refractivity contribution >= 4 is 5.78 Å². The van der Waals surface area contributed by atoms with E-state index in [0.717, 1.165) is 36.7 Å². The Hall–Kier alpha value is -2.07. The van der Waals surface area contributed by atoms with Gasteiger partial charge in [-0.15, -0.1) is 0 Å². The van der Waals surface area contributed by atoms with Crippen LogP contribution >= 0.6 is 0 Å². The Morgan fingerprint density at radius 3 is 2.67 bits per heavy atom. The van der Waals surface area contributed by atoms with Crippen molar-refractivity contribution in [1.82, 2.24) is 14.9 Å². The molecule has 0 radical (unpaired) electrons. The van der Waals surface area contributed by atoms with Crippen LogP contribution in [0.25, 0.3) is 11.4 Å². The van der Waals surface area contributed by atoms with Gasteiger partial charge in [0.05, 0.1) is 0 Å². The summed E-state index contributed by atoms with van der Waals surface area (Å²) in [5.74, 6) is 1.15. The lowest BCUT2D eigenvalue weighted by molar-refractivity contribution is -0.121. The summed E-state index contributed by atoms with van der Waals surface area (Å²) >= 11 is 0. The maximum Gasteiger partial charge on any atom is 0.159 e. The number of piperidine rings is 1. The molecule has 1 aliphatic rings. The first-order valence-electron chi connectivity index (χ1n) is 7.34. The Morgan fingerprint density at radius 1 is 1.14 bits per heavy atom. The SMILES string of the molecule is Cc1ccnc(-c2ccccc2CN2CCC(=O)CC2)n1. The zero-order valence-corrected chi connectivity index (χ0v) is 12.2. The number of aryl methyl sites for hydroxylation is 1. The van der Waals surface area contributed by atoms with Gasteiger partial charge in [-0.2, -0.15) is 0 Å². The number of carbonyl (C=O) groups is 1. The molecule has 1 fully saturated rings. The molecule has 1 saturated heterocycles. The first-order valence-corrected chi connectivity index (χ1v) is 7.34. The molecule has 0 spiro atoms. The van der Waals surface area contributed by atoms with E-state index in [1.807, 2.05) is 25.1 Å². The molecule has 0 N–H and O–H groups in total. The summed E-state index contributed by atoms with van der Waals surface area (Å²) in [7, 11) is 0. The third kappa shape index (κ3) is 3.34. The van der Waals surface area contributed by atoms with Gasteiger partial charge in [0.2, 0.25) is 0 Å². The molecule has 0 saturated carbocycles. The lowest BCUT2D eigenvalue weighted by Crippen LogP contribution is -2.33. The summed E-state index contributed by atoms with van der Waals surface area (Å²) in [6.45, 7) is 4.52. The largest absolute Gasteiger partial charge is 0.300 e. The van der Waals surface area contributed by atoms with Crippen molar-refractivity contribution in [1.29, 1.82) is 0 Å². The Balaban J connectivity index is 1.84. The zero-order chi connectivity index (χ0) is 14.7. The number of ketones is 1. The van der Waals surface area contributed by atoms with Crippen molar-refractivity contribution in [2.75, 3.05) is 13.1 Å². The summed E-state index contributed by atoms with van der Waals surface area (Å²) < 4.78 is 0. The smallest absolute Gasteiger partial charge is 0.159 e. The van der Waals surface area contributed by atoms with Gasteiger partial charge in [0.1, 0.15) is 5.78 Å². The molecule has 0 unspecified atom stereocenters. The van der Waals surface area contributed by atoms with E-state index >= 15 is 0 Å². The lowest BCUT2D eigenvalue weighted by Gasteiger charge is -2.26. The van der Waals surface area contributed by atoms with Gasteiger partial charge in [0, 0.05) is 49.9 Å². The Kier molecular flexibility index (Phi) is 4.06. The second-order valence-electron chi connectivity index (χ2n) is 5.49. The van der Waals surface area contributed by atoms with Crippen molar-refractivity contribution in [3.05, 3.63) is 47.8 Å². The molecule has 4 nitrogen and oxygen atoms in total. The summed E-state index contributed by atoms with van der Waals surface area (Å²) in [4.78, 5) is 22.6. The van der Waals surface area contributed by atoms with Gasteiger partial charge in [-0.1, -0.05) is 24.3 Å². The van der Waals surface area contributed by atoms with Gasteiger partial charge in [0.25, 0.3) is 0 Å². The molecule has 0 aliphatic carbocycles. The van der Waals surface area contributed by atoms with Crippen LogP contribution in [0.15, 0.2) is 36.5 Å². The second kappa shape index (κ2) is 6.14. The molecule has 1 aromatic heterocycles. The predicted molar refractivity (Wildman–Crippen MR) is 81.7 cm³/mol. The van der Waals surface area contributed by atoms with E-state index < -0.39 is 0 Å². The maximum absolute atomic E-state index is 11.3. The van der Waals surface area contributed by atoms with Crippen molar-refractivity contribution in [2.24, 2.45) is 0 Å². The van der Waals surface area contributed by atoms with Crippen LogP contribution in [0.5, 0.6) is 0 Å². The number of hydrogen-bond donors (Lipinski definition) is 0. The van der Waals surface area contributed by atoms with E-state index in [-0.39, 0.29) is 0 Å². The molecule has 2 aromatic rings. The molecule has 2 heterocycles. The lowest BCUT2D eigenvalue weighted by atomic mass is 10.0. The Labute approximate surface area is 124 Å². The average Bonchev–Trinajstić information content (AvgIpc) is 2.50. The molecular formula is C17H19N3O. The highest BCUT2D eigenvalue weighted by Gasteiger charge is 2.17. The molecule has 1 aromatic carbocycles. The van der Waals surface area contributed by atoms with Crippen LogP contribution in [-0.4, -0.2) is 33.7 Å². The van der Waals surface area contributed by atoms with Crippen LogP contribution in [-0.2, 0) is 11.3 Å². The highest BCUT2D eigenvalue weighted by Crippen LogP contribution is 2.22. The minimum absolute atomic E-state index is 0.376. The minimum Gasteiger partial charge on any atom is -0.300 e. The summed E-state index contributed by atoms with van der Waals surface area (Å²) in [5, 5.41) is 0. The fourth-order valence-electron chi connectivity index (χ4n) is 2.66. The van der Waals surface area contributed by atoms with Crippen molar-refractivity contribution in [3.8, 4) is 11.4 Å². The normalized spacial score (nSPS) is 16.1. The summed E-state index contributed by atoms with van der Waals surface area (Å²) in [6.07, 6.45) is 3.14. The van der Waals surface area contributed by atoms with Crippen LogP contribution in [0.4, 0.5) is 0 Å². The van der Waals surface area contributed by atoms with Crippen molar-refractivity contribution in [2.45, 2.75) is 26.3 Å². The number of rotatable bonds is 3. The third-order valence-electron chi connectivity index (χ3n) is 3.86. The molecule has 1 aliphatic heterocycles. The van der Waals surface area contributed by atoms with Crippen LogP contribution in [0.3, 0.4) is 0 Å². The molecule has 21 heavy (non-hydrogen) atoms. The quantitative estimate of drug-likeness (QED) is 0.867. The van der Waals surface area contributed by atoms with Crippen LogP contribution in [0, 0.1) is 6.92 Å². The fraction of sp³-hybridized carbons (Fsp3) is 0.353. The van der Waals surface area contributed by atoms with E-state index in [1.165, 1.54) is 5.56 Å². The van der Waals surface area contributed by atoms with Gasteiger partial charge in [0.15, 0.2) is 5.82 Å². The Bertz CT molecular complexity index is 644. The predicted octanol–water partition coefficient (Wildman–Crippen LogP) is 2.62. The maximum atomic E-state index is 11.3. The number of hydrogen-bond acceptors (Lipinski definition) is 4. The average molecular weight is 281 g/mol. The zero-order valence-electron chi connectivity index (χ0n) is 12.2. The van der Waals surface area contributed by atoms with Gasteiger partial charge in [-0.25, -0.2) is 9.97 Å². The van der Waals surface area contributed by atoms with Gasteiger partial charge >= 0.3 is 0 Å². The molecule has 4 heteroatoms. The first-order chi connectivity index (χ1) is 10.2. The monoisotopic (exact) mass is 281 g/mol. The van der Waals surface area contributed by atoms with E-state index in [9.17, 15) is 4.79 Å². The van der Waals surface area contributed by atoms with Crippen molar-refractivity contribution < 1.29 is 4.79 Å². The number of aromatic nitrogens is 2. The highest BCUT2D eigenvalue weighted by molar-refractivity contribution is 5.79.